The van der Waals surface area contributed by atoms with Crippen molar-refractivity contribution in [2.75, 3.05) is 5.32 Å². The van der Waals surface area contributed by atoms with Gasteiger partial charge in [0.2, 0.25) is 0 Å². The van der Waals surface area contributed by atoms with Crippen molar-refractivity contribution in [2.24, 2.45) is 5.18 Å². The van der Waals surface area contributed by atoms with Crippen LogP contribution in [-0.2, 0) is 0 Å². The average Bonchev–Trinajstić information content (AvgIpc) is 3.06. The fraction of sp³-hybridized carbons (Fsp3) is 0. The van der Waals surface area contributed by atoms with Crippen LogP contribution in [0.1, 0.15) is 0 Å². The number of hydrogen-bond donors (Lipinski definition) is 2. The van der Waals surface area contributed by atoms with Crippen molar-refractivity contribution in [2.45, 2.75) is 0 Å². The normalized spacial score (nSPS) is 10.7. The van der Waals surface area contributed by atoms with Gasteiger partial charge in [-0.15, -0.1) is 4.91 Å². The van der Waals surface area contributed by atoms with Crippen LogP contribution in [0.3, 0.4) is 0 Å². The molecule has 0 atom stereocenters. The van der Waals surface area contributed by atoms with Gasteiger partial charge < -0.3 is 5.32 Å². The molecule has 2 aromatic heterocycles. The summed E-state index contributed by atoms with van der Waals surface area (Å²) in [6, 6.07) is 16.8. The van der Waals surface area contributed by atoms with Gasteiger partial charge in [0, 0.05) is 29.0 Å². The fourth-order valence-electron chi connectivity index (χ4n) is 2.64. The second-order valence-electron chi connectivity index (χ2n) is 5.30. The van der Waals surface area contributed by atoms with Gasteiger partial charge in [-0.3, -0.25) is 10.1 Å². The van der Waals surface area contributed by atoms with E-state index in [1.807, 2.05) is 42.5 Å². The Bertz CT molecular complexity index is 1010. The van der Waals surface area contributed by atoms with Gasteiger partial charge in [-0.1, -0.05) is 12.1 Å². The Kier molecular flexibility index (Phi) is 3.47. The van der Waals surface area contributed by atoms with Crippen molar-refractivity contribution in [1.82, 2.24) is 15.2 Å². The molecule has 2 aromatic carbocycles. The van der Waals surface area contributed by atoms with Gasteiger partial charge in [-0.25, -0.2) is 0 Å². The molecule has 0 saturated carbocycles. The maximum Gasteiger partial charge on any atom is 0.131 e. The SMILES string of the molecule is O=Nc1ccccc1Nc1ccc2[nH]nc(-c3ccncc3)c2c1. The molecule has 0 unspecified atom stereocenters. The number of fused-ring (bicyclic) bond motifs is 1. The predicted octanol–water partition coefficient (Wildman–Crippen LogP) is 4.77. The Balaban J connectivity index is 1.77. The molecule has 4 rings (SSSR count). The van der Waals surface area contributed by atoms with Crippen LogP contribution in [0.4, 0.5) is 17.1 Å². The van der Waals surface area contributed by atoms with Crippen LogP contribution < -0.4 is 5.32 Å². The molecule has 0 amide bonds. The van der Waals surface area contributed by atoms with Gasteiger partial charge >= 0.3 is 0 Å². The number of nitrogens with zero attached hydrogens (tertiary/aromatic N) is 3. The monoisotopic (exact) mass is 315 g/mol. The van der Waals surface area contributed by atoms with Crippen LogP contribution in [0, 0.1) is 4.91 Å². The van der Waals surface area contributed by atoms with Crippen LogP contribution >= 0.6 is 0 Å². The molecular weight excluding hydrogens is 302 g/mol. The molecule has 24 heavy (non-hydrogen) atoms. The third kappa shape index (κ3) is 2.50. The average molecular weight is 315 g/mol. The molecule has 6 nitrogen and oxygen atoms in total. The van der Waals surface area contributed by atoms with Crippen LogP contribution in [0.25, 0.3) is 22.2 Å². The zero-order valence-corrected chi connectivity index (χ0v) is 12.6. The van der Waals surface area contributed by atoms with E-state index in [9.17, 15) is 4.91 Å². The van der Waals surface area contributed by atoms with Crippen molar-refractivity contribution in [1.29, 1.82) is 0 Å². The largest absolute Gasteiger partial charge is 0.354 e. The molecule has 2 N–H and O–H groups in total. The Labute approximate surface area is 137 Å². The Hall–Kier alpha value is -3.54. The topological polar surface area (TPSA) is 83.0 Å². The molecule has 0 aliphatic carbocycles. The van der Waals surface area contributed by atoms with Crippen molar-refractivity contribution in [3.05, 3.63) is 71.9 Å². The fourth-order valence-corrected chi connectivity index (χ4v) is 2.64. The van der Waals surface area contributed by atoms with Gasteiger partial charge in [0.15, 0.2) is 0 Å². The summed E-state index contributed by atoms with van der Waals surface area (Å²) in [4.78, 5) is 15.0. The first-order valence-corrected chi connectivity index (χ1v) is 7.43. The Morgan fingerprint density at radius 1 is 1.00 bits per heavy atom. The molecule has 0 radical (unpaired) electrons. The first-order chi connectivity index (χ1) is 11.8. The number of benzene rings is 2. The third-order valence-electron chi connectivity index (χ3n) is 3.80. The quantitative estimate of drug-likeness (QED) is 0.531. The summed E-state index contributed by atoms with van der Waals surface area (Å²) in [6.45, 7) is 0. The minimum Gasteiger partial charge on any atom is -0.354 e. The maximum absolute atomic E-state index is 10.9. The molecule has 0 spiro atoms. The molecule has 6 heteroatoms. The highest BCUT2D eigenvalue weighted by Gasteiger charge is 2.09. The summed E-state index contributed by atoms with van der Waals surface area (Å²) < 4.78 is 0. The number of aromatic amines is 1. The van der Waals surface area contributed by atoms with E-state index in [2.05, 4.69) is 25.7 Å². The highest BCUT2D eigenvalue weighted by Crippen LogP contribution is 2.31. The molecule has 116 valence electrons. The van der Waals surface area contributed by atoms with Crippen molar-refractivity contribution < 1.29 is 0 Å². The molecule has 0 saturated heterocycles. The first kappa shape index (κ1) is 14.1. The van der Waals surface area contributed by atoms with E-state index in [-0.39, 0.29) is 0 Å². The number of hydrogen-bond acceptors (Lipinski definition) is 5. The standard InChI is InChI=1S/C18H13N5O/c24-23-17-4-2-1-3-16(17)20-13-5-6-15-14(11-13)18(22-21-15)12-7-9-19-10-8-12/h1-11,20H,(H,21,22). The molecule has 0 bridgehead atoms. The maximum atomic E-state index is 10.9. The van der Waals surface area contributed by atoms with Crippen LogP contribution in [0.2, 0.25) is 0 Å². The lowest BCUT2D eigenvalue weighted by Crippen LogP contribution is -1.90. The molecule has 0 aliphatic rings. The number of anilines is 2. The van der Waals surface area contributed by atoms with Crippen LogP contribution in [0.15, 0.2) is 72.2 Å². The van der Waals surface area contributed by atoms with Gasteiger partial charge in [-0.2, -0.15) is 5.10 Å². The van der Waals surface area contributed by atoms with E-state index in [4.69, 9.17) is 0 Å². The summed E-state index contributed by atoms with van der Waals surface area (Å²) in [7, 11) is 0. The highest BCUT2D eigenvalue weighted by molar-refractivity contribution is 5.95. The zero-order valence-electron chi connectivity index (χ0n) is 12.6. The third-order valence-corrected chi connectivity index (χ3v) is 3.80. The minimum atomic E-state index is 0.374. The lowest BCUT2D eigenvalue weighted by molar-refractivity contribution is 1.12. The smallest absolute Gasteiger partial charge is 0.131 e. The van der Waals surface area contributed by atoms with E-state index < -0.39 is 0 Å². The zero-order chi connectivity index (χ0) is 16.4. The highest BCUT2D eigenvalue weighted by atomic mass is 16.3. The Morgan fingerprint density at radius 2 is 1.83 bits per heavy atom. The predicted molar refractivity (Wildman–Crippen MR) is 94.5 cm³/mol. The first-order valence-electron chi connectivity index (χ1n) is 7.43. The van der Waals surface area contributed by atoms with E-state index in [1.54, 1.807) is 24.5 Å². The van der Waals surface area contributed by atoms with Gasteiger partial charge in [0.1, 0.15) is 11.4 Å². The summed E-state index contributed by atoms with van der Waals surface area (Å²) >= 11 is 0. The van der Waals surface area contributed by atoms with Crippen LogP contribution in [0.5, 0.6) is 0 Å². The summed E-state index contributed by atoms with van der Waals surface area (Å²) in [6.07, 6.45) is 3.48. The Morgan fingerprint density at radius 3 is 2.67 bits per heavy atom. The van der Waals surface area contributed by atoms with Gasteiger partial charge in [0.05, 0.1) is 11.2 Å². The van der Waals surface area contributed by atoms with E-state index in [1.165, 1.54) is 0 Å². The second-order valence-corrected chi connectivity index (χ2v) is 5.30. The van der Waals surface area contributed by atoms with E-state index >= 15 is 0 Å². The number of aromatic nitrogens is 3. The lowest BCUT2D eigenvalue weighted by Gasteiger charge is -2.08. The molecular formula is C18H13N5O. The van der Waals surface area contributed by atoms with Gasteiger partial charge in [-0.05, 0) is 47.6 Å². The van der Waals surface area contributed by atoms with Crippen molar-refractivity contribution in [3.63, 3.8) is 0 Å². The summed E-state index contributed by atoms with van der Waals surface area (Å²) in [5, 5.41) is 14.7. The number of H-pyrrole nitrogens is 1. The van der Waals surface area contributed by atoms with E-state index in [0.717, 1.165) is 27.8 Å². The number of rotatable bonds is 4. The minimum absolute atomic E-state index is 0.374. The molecule has 2 heterocycles. The van der Waals surface area contributed by atoms with Crippen LogP contribution in [-0.4, -0.2) is 15.2 Å². The number of para-hydroxylation sites is 1. The summed E-state index contributed by atoms with van der Waals surface area (Å²) in [5.74, 6) is 0. The molecule has 4 aromatic rings. The van der Waals surface area contributed by atoms with E-state index in [0.29, 0.717) is 11.4 Å². The van der Waals surface area contributed by atoms with Crippen molar-refractivity contribution in [3.8, 4) is 11.3 Å². The second kappa shape index (κ2) is 5.92. The number of pyridine rings is 1. The summed E-state index contributed by atoms with van der Waals surface area (Å²) in [5.41, 5.74) is 4.69. The number of nitrogens with one attached hydrogen (secondary N) is 2. The van der Waals surface area contributed by atoms with Gasteiger partial charge in [0.25, 0.3) is 0 Å². The molecule has 0 fully saturated rings. The van der Waals surface area contributed by atoms with Crippen molar-refractivity contribution >= 4 is 28.0 Å². The molecule has 0 aliphatic heterocycles. The number of nitroso groups, excluding NO2 is 1. The lowest BCUT2D eigenvalue weighted by atomic mass is 10.1.